The van der Waals surface area contributed by atoms with E-state index in [1.54, 1.807) is 53.4 Å². The van der Waals surface area contributed by atoms with Gasteiger partial charge in [0.25, 0.3) is 5.91 Å². The lowest BCUT2D eigenvalue weighted by atomic mass is 9.96. The number of rotatable bonds is 5. The van der Waals surface area contributed by atoms with E-state index in [2.05, 4.69) is 15.7 Å². The number of ether oxygens (including phenoxy) is 2. The average molecular weight is 552 g/mol. The summed E-state index contributed by atoms with van der Waals surface area (Å²) in [7, 11) is 2.99. The summed E-state index contributed by atoms with van der Waals surface area (Å²) in [4.78, 5) is 14.5. The number of carbonyl (C=O) groups is 1. The normalized spacial score (nSPS) is 19.1. The van der Waals surface area contributed by atoms with Gasteiger partial charge in [-0.05, 0) is 29.8 Å². The number of fused-ring (bicyclic) bond motifs is 1. The Bertz CT molecular complexity index is 1280. The van der Waals surface area contributed by atoms with Crippen molar-refractivity contribution >= 4 is 24.1 Å². The van der Waals surface area contributed by atoms with Gasteiger partial charge in [0, 0.05) is 49.8 Å². The van der Waals surface area contributed by atoms with Gasteiger partial charge in [-0.3, -0.25) is 4.79 Å². The highest BCUT2D eigenvalue weighted by atomic mass is 35.5. The zero-order chi connectivity index (χ0) is 26.2. The van der Waals surface area contributed by atoms with Crippen LogP contribution in [0.15, 0.2) is 48.5 Å². The number of hydrogen-bond acceptors (Lipinski definition) is 6. The number of carbonyl (C=O) groups excluding carboxylic acids is 1. The fourth-order valence-electron chi connectivity index (χ4n) is 4.84. The minimum atomic E-state index is -4.49. The Kier molecular flexibility index (Phi) is 8.08. The predicted octanol–water partition coefficient (Wildman–Crippen LogP) is 4.69. The van der Waals surface area contributed by atoms with Crippen LogP contribution in [-0.2, 0) is 0 Å². The summed E-state index contributed by atoms with van der Waals surface area (Å²) >= 11 is 0. The molecule has 0 spiro atoms. The molecule has 0 aliphatic carbocycles. The van der Waals surface area contributed by atoms with Crippen LogP contribution in [0, 0.1) is 0 Å². The monoisotopic (exact) mass is 551 g/mol. The van der Waals surface area contributed by atoms with Crippen LogP contribution >= 0.6 is 12.4 Å². The van der Waals surface area contributed by atoms with Crippen molar-refractivity contribution in [2.24, 2.45) is 0 Å². The quantitative estimate of drug-likeness (QED) is 0.479. The van der Waals surface area contributed by atoms with Gasteiger partial charge in [0.05, 0.1) is 26.0 Å². The minimum Gasteiger partial charge on any atom is -0.493 e. The molecule has 0 bridgehead atoms. The SMILES string of the molecule is COc1ccc([C@@H]2C[C@H](C(F)(F)F)n3nc(-c4ccc(C(=O)N5CCNCC5)cc4)cc3N2)cc1OC.Cl. The molecule has 3 aromatic rings. The molecule has 8 nitrogen and oxygen atoms in total. The third kappa shape index (κ3) is 5.39. The second-order valence-corrected chi connectivity index (χ2v) is 9.08. The molecule has 2 N–H and O–H groups in total. The first-order valence-corrected chi connectivity index (χ1v) is 12.0. The third-order valence-corrected chi connectivity index (χ3v) is 6.83. The molecule has 5 rings (SSSR count). The molecule has 0 unspecified atom stereocenters. The van der Waals surface area contributed by atoms with Crippen LogP contribution in [0.4, 0.5) is 19.0 Å². The summed E-state index contributed by atoms with van der Waals surface area (Å²) in [6.45, 7) is 2.78. The van der Waals surface area contributed by atoms with Crippen LogP contribution in [0.3, 0.4) is 0 Å². The molecule has 0 radical (unpaired) electrons. The topological polar surface area (TPSA) is 80.7 Å². The van der Waals surface area contributed by atoms with Crippen LogP contribution in [0.5, 0.6) is 11.5 Å². The van der Waals surface area contributed by atoms with Gasteiger partial charge in [-0.1, -0.05) is 18.2 Å². The van der Waals surface area contributed by atoms with E-state index in [0.29, 0.717) is 47.0 Å². The number of amides is 1. The number of methoxy groups -OCH3 is 2. The van der Waals surface area contributed by atoms with Gasteiger partial charge in [-0.2, -0.15) is 18.3 Å². The second-order valence-electron chi connectivity index (χ2n) is 9.08. The lowest BCUT2D eigenvalue weighted by Crippen LogP contribution is -2.46. The summed E-state index contributed by atoms with van der Waals surface area (Å²) in [5.41, 5.74) is 2.21. The van der Waals surface area contributed by atoms with Crippen molar-refractivity contribution in [2.45, 2.75) is 24.7 Å². The number of anilines is 1. The van der Waals surface area contributed by atoms with Gasteiger partial charge in [-0.15, -0.1) is 12.4 Å². The summed E-state index contributed by atoms with van der Waals surface area (Å²) in [6, 6.07) is 11.1. The Morgan fingerprint density at radius 1 is 1.00 bits per heavy atom. The van der Waals surface area contributed by atoms with Crippen molar-refractivity contribution in [3.05, 3.63) is 59.7 Å². The maximum Gasteiger partial charge on any atom is 0.410 e. The van der Waals surface area contributed by atoms with Crippen LogP contribution in [0.1, 0.15) is 34.4 Å². The zero-order valence-electron chi connectivity index (χ0n) is 20.9. The molecule has 2 aliphatic heterocycles. The molecular weight excluding hydrogens is 523 g/mol. The first-order valence-electron chi connectivity index (χ1n) is 12.0. The molecule has 2 atom stereocenters. The van der Waals surface area contributed by atoms with E-state index >= 15 is 0 Å². The zero-order valence-corrected chi connectivity index (χ0v) is 21.7. The summed E-state index contributed by atoms with van der Waals surface area (Å²) in [6.07, 6.45) is -4.72. The number of piperazine rings is 1. The highest BCUT2D eigenvalue weighted by molar-refractivity contribution is 5.94. The van der Waals surface area contributed by atoms with Crippen LogP contribution < -0.4 is 20.1 Å². The Morgan fingerprint density at radius 3 is 2.32 bits per heavy atom. The fourth-order valence-corrected chi connectivity index (χ4v) is 4.84. The summed E-state index contributed by atoms with van der Waals surface area (Å²) in [5.74, 6) is 1.15. The maximum atomic E-state index is 14.1. The van der Waals surface area contributed by atoms with E-state index in [-0.39, 0.29) is 30.6 Å². The van der Waals surface area contributed by atoms with Crippen molar-refractivity contribution in [3.8, 4) is 22.8 Å². The van der Waals surface area contributed by atoms with Gasteiger partial charge in [-0.25, -0.2) is 4.68 Å². The number of hydrogen-bond donors (Lipinski definition) is 2. The highest BCUT2D eigenvalue weighted by Crippen LogP contribution is 2.45. The lowest BCUT2D eigenvalue weighted by molar-refractivity contribution is -0.173. The van der Waals surface area contributed by atoms with E-state index in [9.17, 15) is 18.0 Å². The van der Waals surface area contributed by atoms with Crippen LogP contribution in [0.25, 0.3) is 11.3 Å². The molecular formula is C26H29ClF3N5O3. The highest BCUT2D eigenvalue weighted by Gasteiger charge is 2.46. The van der Waals surface area contributed by atoms with E-state index in [1.807, 2.05) is 0 Å². The summed E-state index contributed by atoms with van der Waals surface area (Å²) < 4.78 is 54.0. The molecule has 3 heterocycles. The van der Waals surface area contributed by atoms with Gasteiger partial charge in [0.2, 0.25) is 0 Å². The first-order chi connectivity index (χ1) is 17.8. The molecule has 1 amide bonds. The molecule has 1 saturated heterocycles. The van der Waals surface area contributed by atoms with Crippen molar-refractivity contribution in [1.29, 1.82) is 0 Å². The number of halogens is 4. The number of nitrogens with one attached hydrogen (secondary N) is 2. The molecule has 1 aromatic heterocycles. The molecule has 1 fully saturated rings. The Labute approximate surface area is 224 Å². The third-order valence-electron chi connectivity index (χ3n) is 6.83. The maximum absolute atomic E-state index is 14.1. The largest absolute Gasteiger partial charge is 0.493 e. The van der Waals surface area contributed by atoms with Gasteiger partial charge >= 0.3 is 6.18 Å². The van der Waals surface area contributed by atoms with Gasteiger partial charge < -0.3 is 25.0 Å². The Balaban J connectivity index is 0.00000336. The average Bonchev–Trinajstić information content (AvgIpc) is 3.36. The number of nitrogens with zero attached hydrogens (tertiary/aromatic N) is 3. The number of aromatic nitrogens is 2. The fraction of sp³-hybridized carbons (Fsp3) is 0.385. The molecule has 204 valence electrons. The van der Waals surface area contributed by atoms with Crippen LogP contribution in [0.2, 0.25) is 0 Å². The van der Waals surface area contributed by atoms with Gasteiger partial charge in [0.1, 0.15) is 5.82 Å². The smallest absolute Gasteiger partial charge is 0.410 e. The van der Waals surface area contributed by atoms with Gasteiger partial charge in [0.15, 0.2) is 17.5 Å². The molecule has 12 heteroatoms. The Morgan fingerprint density at radius 2 is 1.68 bits per heavy atom. The standard InChI is InChI=1S/C26H28F3N5O3.ClH/c1-36-21-8-7-18(13-22(21)37-2)19-14-23(26(27,28)29)34-24(31-19)15-20(32-34)16-3-5-17(6-4-16)25(35)33-11-9-30-10-12-33;/h3-8,13,15,19,23,30-31H,9-12,14H2,1-2H3;1H/t19-,23+;/m0./s1. The molecule has 2 aliphatic rings. The van der Waals surface area contributed by atoms with Crippen molar-refractivity contribution < 1.29 is 27.4 Å². The van der Waals surface area contributed by atoms with E-state index in [0.717, 1.165) is 17.8 Å². The first kappa shape index (κ1) is 27.6. The van der Waals surface area contributed by atoms with E-state index in [4.69, 9.17) is 9.47 Å². The number of benzene rings is 2. The van der Waals surface area contributed by atoms with Crippen LogP contribution in [-0.4, -0.2) is 67.2 Å². The molecule has 38 heavy (non-hydrogen) atoms. The van der Waals surface area contributed by atoms with E-state index < -0.39 is 18.3 Å². The molecule has 0 saturated carbocycles. The number of alkyl halides is 3. The Hall–Kier alpha value is -3.44. The van der Waals surface area contributed by atoms with Crippen molar-refractivity contribution in [2.75, 3.05) is 45.7 Å². The predicted molar refractivity (Wildman–Crippen MR) is 139 cm³/mol. The minimum absolute atomic E-state index is 0. The van der Waals surface area contributed by atoms with E-state index in [1.165, 1.54) is 14.2 Å². The van der Waals surface area contributed by atoms with Crippen molar-refractivity contribution in [3.63, 3.8) is 0 Å². The lowest BCUT2D eigenvalue weighted by Gasteiger charge is -2.33. The second kappa shape index (κ2) is 11.1. The summed E-state index contributed by atoms with van der Waals surface area (Å²) in [5, 5.41) is 10.7. The molecule has 2 aromatic carbocycles. The van der Waals surface area contributed by atoms with Crippen molar-refractivity contribution in [1.82, 2.24) is 20.0 Å².